The fraction of sp³-hybridized carbons (Fsp3) is 0.161. The molecule has 0 spiro atoms. The van der Waals surface area contributed by atoms with Gasteiger partial charge in [0.25, 0.3) is 17.7 Å². The van der Waals surface area contributed by atoms with E-state index in [2.05, 4.69) is 26.3 Å². The van der Waals surface area contributed by atoms with Gasteiger partial charge < -0.3 is 0 Å². The van der Waals surface area contributed by atoms with Crippen molar-refractivity contribution >= 4 is 55.8 Å². The van der Waals surface area contributed by atoms with E-state index in [1.807, 2.05) is 91.0 Å². The number of hydrogen-bond donors (Lipinski definition) is 0. The molecule has 10 heteroatoms. The highest BCUT2D eigenvalue weighted by Gasteiger charge is 2.55. The Morgan fingerprint density at radius 3 is 2.39 bits per heavy atom. The van der Waals surface area contributed by atoms with Crippen LogP contribution >= 0.6 is 15.9 Å². The molecule has 3 atom stereocenters. The third-order valence-corrected chi connectivity index (χ3v) is 8.22. The first-order valence-electron chi connectivity index (χ1n) is 13.2. The Labute approximate surface area is 243 Å². The maximum absolute atomic E-state index is 13.8. The average molecular weight is 607 g/mol. The number of rotatable bonds is 5. The van der Waals surface area contributed by atoms with E-state index < -0.39 is 23.9 Å². The zero-order valence-corrected chi connectivity index (χ0v) is 23.3. The molecular weight excluding hydrogens is 584 g/mol. The lowest BCUT2D eigenvalue weighted by Gasteiger charge is -2.25. The Hall–Kier alpha value is -4.70. The summed E-state index contributed by atoms with van der Waals surface area (Å²) in [6.45, 7) is -0.243. The summed E-state index contributed by atoms with van der Waals surface area (Å²) in [5, 5.41) is 17.4. The molecule has 0 aromatic heterocycles. The monoisotopic (exact) mass is 606 g/mol. The van der Waals surface area contributed by atoms with Crippen LogP contribution < -0.4 is 4.90 Å². The van der Waals surface area contributed by atoms with E-state index in [4.69, 9.17) is 5.10 Å². The summed E-state index contributed by atoms with van der Waals surface area (Å²) in [6, 6.07) is 28.3. The van der Waals surface area contributed by atoms with E-state index in [9.17, 15) is 14.4 Å². The van der Waals surface area contributed by atoms with Gasteiger partial charge in [-0.05, 0) is 34.7 Å². The highest BCUT2D eigenvalue weighted by atomic mass is 79.9. The smallest absolute Gasteiger partial charge is 0.264 e. The Kier molecular flexibility index (Phi) is 6.19. The molecule has 41 heavy (non-hydrogen) atoms. The highest BCUT2D eigenvalue weighted by Crippen LogP contribution is 2.37. The minimum atomic E-state index is -1.00. The maximum Gasteiger partial charge on any atom is 0.264 e. The lowest BCUT2D eigenvalue weighted by Crippen LogP contribution is -2.44. The molecular formula is C31H23BrN6O3. The summed E-state index contributed by atoms with van der Waals surface area (Å²) in [4.78, 5) is 42.0. The summed E-state index contributed by atoms with van der Waals surface area (Å²) in [5.74, 6) is -1.24. The predicted molar refractivity (Wildman–Crippen MR) is 157 cm³/mol. The largest absolute Gasteiger partial charge is 0.271 e. The molecule has 0 bridgehead atoms. The molecule has 3 aliphatic heterocycles. The number of carbonyl (C=O) groups excluding carboxylic acids is 3. The quantitative estimate of drug-likeness (QED) is 0.289. The van der Waals surface area contributed by atoms with Crippen LogP contribution in [-0.4, -0.2) is 52.1 Å². The lowest BCUT2D eigenvalue weighted by atomic mass is 9.98. The van der Waals surface area contributed by atoms with Crippen molar-refractivity contribution in [2.24, 2.45) is 15.4 Å². The van der Waals surface area contributed by atoms with Crippen molar-refractivity contribution < 1.29 is 14.4 Å². The van der Waals surface area contributed by atoms with Crippen LogP contribution in [0.5, 0.6) is 0 Å². The molecule has 1 saturated heterocycles. The molecule has 202 valence electrons. The topological polar surface area (TPSA) is 98.0 Å². The molecule has 3 amide bonds. The summed E-state index contributed by atoms with van der Waals surface area (Å²) in [7, 11) is 0. The van der Waals surface area contributed by atoms with E-state index in [1.165, 1.54) is 14.9 Å². The lowest BCUT2D eigenvalue weighted by molar-refractivity contribution is -0.135. The van der Waals surface area contributed by atoms with Gasteiger partial charge in [-0.2, -0.15) is 10.2 Å². The summed E-state index contributed by atoms with van der Waals surface area (Å²) >= 11 is 3.46. The minimum Gasteiger partial charge on any atom is -0.271 e. The van der Waals surface area contributed by atoms with Gasteiger partial charge in [0.1, 0.15) is 6.54 Å². The Bertz CT molecular complexity index is 1750. The first-order valence-corrected chi connectivity index (χ1v) is 14.0. The van der Waals surface area contributed by atoms with E-state index in [0.717, 1.165) is 32.1 Å². The third-order valence-electron chi connectivity index (χ3n) is 7.69. The molecule has 0 aliphatic carbocycles. The first-order chi connectivity index (χ1) is 20.0. The Morgan fingerprint density at radius 2 is 1.59 bits per heavy atom. The predicted octanol–water partition coefficient (Wildman–Crippen LogP) is 5.27. The van der Waals surface area contributed by atoms with Gasteiger partial charge in [-0.3, -0.25) is 19.4 Å². The van der Waals surface area contributed by atoms with E-state index in [0.29, 0.717) is 12.1 Å². The Morgan fingerprint density at radius 1 is 0.854 bits per heavy atom. The van der Waals surface area contributed by atoms with E-state index in [1.54, 1.807) is 6.07 Å². The van der Waals surface area contributed by atoms with Crippen LogP contribution in [0.25, 0.3) is 10.8 Å². The van der Waals surface area contributed by atoms with Crippen molar-refractivity contribution in [1.82, 2.24) is 10.0 Å². The zero-order chi connectivity index (χ0) is 28.1. The number of hydrazone groups is 1. The van der Waals surface area contributed by atoms with Crippen molar-refractivity contribution in [1.29, 1.82) is 0 Å². The average Bonchev–Trinajstić information content (AvgIpc) is 3.69. The number of nitrogens with zero attached hydrogens (tertiary/aromatic N) is 6. The molecule has 0 unspecified atom stereocenters. The third kappa shape index (κ3) is 4.31. The van der Waals surface area contributed by atoms with Crippen molar-refractivity contribution in [3.8, 4) is 0 Å². The summed E-state index contributed by atoms with van der Waals surface area (Å²) in [6.07, 6.45) is 0.539. The standard InChI is InChI=1S/C31H23BrN6O3/c32-22-15-13-20(14-16-22)24-17-26(21-8-2-1-3-9-21)38(34-24)27(39)18-36-29-28(33-35-36)30(40)37(31(29)41)25-12-6-10-19-7-4-5-11-23(19)25/h1-16,26,28-29H,17-18H2/t26-,28+,29+/m0/s1. The molecule has 3 aliphatic rings. The van der Waals surface area contributed by atoms with Gasteiger partial charge >= 0.3 is 0 Å². The molecule has 4 aromatic carbocycles. The molecule has 0 N–H and O–H groups in total. The zero-order valence-electron chi connectivity index (χ0n) is 21.7. The van der Waals surface area contributed by atoms with Crippen molar-refractivity contribution in [2.75, 3.05) is 11.4 Å². The van der Waals surface area contributed by atoms with Gasteiger partial charge in [0, 0.05) is 16.3 Å². The normalized spacial score (nSPS) is 21.6. The van der Waals surface area contributed by atoms with Crippen molar-refractivity contribution in [2.45, 2.75) is 24.5 Å². The molecule has 3 heterocycles. The highest BCUT2D eigenvalue weighted by molar-refractivity contribution is 9.10. The van der Waals surface area contributed by atoms with E-state index >= 15 is 0 Å². The molecule has 0 saturated carbocycles. The van der Waals surface area contributed by atoms with Crippen LogP contribution in [0, 0.1) is 0 Å². The fourth-order valence-corrected chi connectivity index (χ4v) is 5.96. The fourth-order valence-electron chi connectivity index (χ4n) is 5.70. The number of halogens is 1. The van der Waals surface area contributed by atoms with Gasteiger partial charge in [0.15, 0.2) is 12.1 Å². The minimum absolute atomic E-state index is 0.243. The van der Waals surface area contributed by atoms with E-state index in [-0.39, 0.29) is 18.5 Å². The molecule has 9 nitrogen and oxygen atoms in total. The number of hydrogen-bond acceptors (Lipinski definition) is 7. The SMILES string of the molecule is O=C1[C@@H]2N=NN(CC(=O)N3N=C(c4ccc(Br)cc4)C[C@H]3c3ccccc3)[C@H]2C(=O)N1c1cccc2ccccc12. The number of imide groups is 1. The van der Waals surface area contributed by atoms with Crippen LogP contribution in [-0.2, 0) is 14.4 Å². The van der Waals surface area contributed by atoms with Crippen molar-refractivity contribution in [3.05, 3.63) is 113 Å². The number of carbonyl (C=O) groups is 3. The van der Waals surface area contributed by atoms with Gasteiger partial charge in [0.2, 0.25) is 0 Å². The summed E-state index contributed by atoms with van der Waals surface area (Å²) < 4.78 is 0.953. The van der Waals surface area contributed by atoms with Crippen LogP contribution in [0.2, 0.25) is 0 Å². The number of amides is 3. The maximum atomic E-state index is 13.8. The van der Waals surface area contributed by atoms with Gasteiger partial charge in [-0.25, -0.2) is 9.91 Å². The van der Waals surface area contributed by atoms with Gasteiger partial charge in [-0.1, -0.05) is 100 Å². The van der Waals surface area contributed by atoms with Crippen LogP contribution in [0.4, 0.5) is 5.69 Å². The van der Waals surface area contributed by atoms with Crippen LogP contribution in [0.15, 0.2) is 117 Å². The number of anilines is 1. The second kappa shape index (κ2) is 10.0. The Balaban J connectivity index is 1.16. The number of benzene rings is 4. The van der Waals surface area contributed by atoms with Crippen LogP contribution in [0.3, 0.4) is 0 Å². The second-order valence-corrected chi connectivity index (χ2v) is 11.0. The molecule has 4 aromatic rings. The molecule has 1 fully saturated rings. The first kappa shape index (κ1) is 25.3. The van der Waals surface area contributed by atoms with Crippen LogP contribution in [0.1, 0.15) is 23.6 Å². The second-order valence-electron chi connectivity index (χ2n) is 10.1. The van der Waals surface area contributed by atoms with Gasteiger partial charge in [-0.15, -0.1) is 0 Å². The number of fused-ring (bicyclic) bond motifs is 2. The van der Waals surface area contributed by atoms with Gasteiger partial charge in [0.05, 0.1) is 17.4 Å². The molecule has 7 rings (SSSR count). The summed E-state index contributed by atoms with van der Waals surface area (Å²) in [5.41, 5.74) is 3.16. The molecule has 0 radical (unpaired) electrons. The van der Waals surface area contributed by atoms with Crippen molar-refractivity contribution in [3.63, 3.8) is 0 Å².